The van der Waals surface area contributed by atoms with Crippen molar-refractivity contribution in [1.82, 2.24) is 9.97 Å². The van der Waals surface area contributed by atoms with Crippen molar-refractivity contribution in [3.8, 4) is 0 Å². The fraction of sp³-hybridized carbons (Fsp3) is 0.286. The van der Waals surface area contributed by atoms with Crippen LogP contribution in [0.3, 0.4) is 0 Å². The van der Waals surface area contributed by atoms with Gasteiger partial charge in [0.1, 0.15) is 0 Å². The summed E-state index contributed by atoms with van der Waals surface area (Å²) in [4.78, 5) is 19.3. The van der Waals surface area contributed by atoms with Crippen LogP contribution in [0.1, 0.15) is 18.2 Å². The summed E-state index contributed by atoms with van der Waals surface area (Å²) >= 11 is 7.62. The fourth-order valence-corrected chi connectivity index (χ4v) is 3.02. The molecule has 1 aromatic carbocycles. The molecule has 1 unspecified atom stereocenters. The Morgan fingerprint density at radius 2 is 2.20 bits per heavy atom. The first kappa shape index (κ1) is 15.1. The van der Waals surface area contributed by atoms with Gasteiger partial charge in [-0.3, -0.25) is 4.79 Å². The van der Waals surface area contributed by atoms with Gasteiger partial charge in [0.15, 0.2) is 5.16 Å². The second kappa shape index (κ2) is 6.43. The van der Waals surface area contributed by atoms with Gasteiger partial charge in [0.25, 0.3) is 5.56 Å². The van der Waals surface area contributed by atoms with Crippen LogP contribution in [0.25, 0.3) is 0 Å². The number of aryl methyl sites for hydroxylation is 1. The molecule has 0 spiro atoms. The van der Waals surface area contributed by atoms with Crippen LogP contribution in [0.15, 0.2) is 39.1 Å². The number of hydrogen-bond acceptors (Lipinski definition) is 4. The van der Waals surface area contributed by atoms with E-state index >= 15 is 0 Å². The van der Waals surface area contributed by atoms with E-state index in [1.54, 1.807) is 6.92 Å². The smallest absolute Gasteiger partial charge is 0.251 e. The number of aromatic amines is 1. The lowest BCUT2D eigenvalue weighted by Crippen LogP contribution is -2.17. The quantitative estimate of drug-likeness (QED) is 0.852. The number of halogens is 1. The largest absolute Gasteiger partial charge is 0.328 e. The molecule has 0 aliphatic rings. The molecule has 1 atom stereocenters. The first-order valence-corrected chi connectivity index (χ1v) is 7.43. The Labute approximate surface area is 126 Å². The molecule has 0 saturated heterocycles. The molecule has 0 aliphatic carbocycles. The van der Waals surface area contributed by atoms with Crippen LogP contribution < -0.4 is 11.3 Å². The van der Waals surface area contributed by atoms with E-state index in [4.69, 9.17) is 17.3 Å². The highest BCUT2D eigenvalue weighted by Gasteiger charge is 2.07. The Morgan fingerprint density at radius 1 is 1.45 bits per heavy atom. The van der Waals surface area contributed by atoms with Gasteiger partial charge < -0.3 is 10.7 Å². The van der Waals surface area contributed by atoms with Gasteiger partial charge in [0.05, 0.1) is 0 Å². The lowest BCUT2D eigenvalue weighted by atomic mass is 10.1. The van der Waals surface area contributed by atoms with E-state index in [9.17, 15) is 4.79 Å². The maximum absolute atomic E-state index is 11.4. The minimum absolute atomic E-state index is 0.0702. The number of hydrogen-bond donors (Lipinski definition) is 2. The third kappa shape index (κ3) is 4.10. The maximum Gasteiger partial charge on any atom is 0.251 e. The molecule has 6 heteroatoms. The van der Waals surface area contributed by atoms with E-state index in [0.717, 1.165) is 16.9 Å². The van der Waals surface area contributed by atoms with Crippen LogP contribution in [0.4, 0.5) is 0 Å². The summed E-state index contributed by atoms with van der Waals surface area (Å²) in [6, 6.07) is 7.31. The highest BCUT2D eigenvalue weighted by atomic mass is 35.5. The summed E-state index contributed by atoms with van der Waals surface area (Å²) in [6.45, 7) is 3.73. The molecule has 2 aromatic rings. The van der Waals surface area contributed by atoms with Gasteiger partial charge in [-0.25, -0.2) is 4.98 Å². The summed E-state index contributed by atoms with van der Waals surface area (Å²) in [6.07, 6.45) is 0.739. The second-order valence-corrected chi connectivity index (χ2v) is 6.20. The molecule has 2 rings (SSSR count). The van der Waals surface area contributed by atoms with Crippen molar-refractivity contribution in [3.63, 3.8) is 0 Å². The highest BCUT2D eigenvalue weighted by Crippen LogP contribution is 2.28. The maximum atomic E-state index is 11.4. The molecule has 0 bridgehead atoms. The van der Waals surface area contributed by atoms with Crippen molar-refractivity contribution in [1.29, 1.82) is 0 Å². The Bertz CT molecular complexity index is 670. The molecule has 20 heavy (non-hydrogen) atoms. The normalized spacial score (nSPS) is 12.4. The van der Waals surface area contributed by atoms with E-state index in [0.29, 0.717) is 15.9 Å². The molecule has 0 amide bonds. The predicted octanol–water partition coefficient (Wildman–Crippen LogP) is 2.77. The summed E-state index contributed by atoms with van der Waals surface area (Å²) < 4.78 is 0. The molecule has 0 aliphatic heterocycles. The molecule has 106 valence electrons. The van der Waals surface area contributed by atoms with Gasteiger partial charge in [0, 0.05) is 27.7 Å². The number of rotatable bonds is 4. The zero-order valence-electron chi connectivity index (χ0n) is 11.3. The Balaban J connectivity index is 2.22. The van der Waals surface area contributed by atoms with Crippen LogP contribution >= 0.6 is 23.4 Å². The van der Waals surface area contributed by atoms with Crippen LogP contribution in [-0.2, 0) is 6.42 Å². The summed E-state index contributed by atoms with van der Waals surface area (Å²) in [7, 11) is 0. The molecule has 0 fully saturated rings. The number of aromatic nitrogens is 2. The first-order chi connectivity index (χ1) is 9.44. The molecular weight excluding hydrogens is 294 g/mol. The zero-order valence-corrected chi connectivity index (χ0v) is 12.9. The summed E-state index contributed by atoms with van der Waals surface area (Å²) in [5.74, 6) is 0. The van der Waals surface area contributed by atoms with Crippen molar-refractivity contribution in [3.05, 3.63) is 50.9 Å². The molecule has 3 N–H and O–H groups in total. The van der Waals surface area contributed by atoms with Crippen molar-refractivity contribution < 1.29 is 0 Å². The number of nitrogens with zero attached hydrogens (tertiary/aromatic N) is 1. The van der Waals surface area contributed by atoms with Gasteiger partial charge in [-0.1, -0.05) is 29.4 Å². The van der Waals surface area contributed by atoms with Gasteiger partial charge in [-0.2, -0.15) is 0 Å². The molecule has 1 heterocycles. The van der Waals surface area contributed by atoms with E-state index in [2.05, 4.69) is 9.97 Å². The van der Waals surface area contributed by atoms with Crippen LogP contribution in [0, 0.1) is 6.92 Å². The Kier molecular flexibility index (Phi) is 4.86. The highest BCUT2D eigenvalue weighted by molar-refractivity contribution is 7.99. The third-order valence-corrected chi connectivity index (χ3v) is 3.86. The summed E-state index contributed by atoms with van der Waals surface area (Å²) in [5, 5.41) is 1.24. The van der Waals surface area contributed by atoms with Gasteiger partial charge >= 0.3 is 0 Å². The first-order valence-electron chi connectivity index (χ1n) is 6.24. The van der Waals surface area contributed by atoms with Gasteiger partial charge in [0.2, 0.25) is 0 Å². The topological polar surface area (TPSA) is 71.8 Å². The van der Waals surface area contributed by atoms with Crippen molar-refractivity contribution in [2.45, 2.75) is 36.4 Å². The number of H-pyrrole nitrogens is 1. The van der Waals surface area contributed by atoms with Gasteiger partial charge in [-0.15, -0.1) is 0 Å². The Hall–Kier alpha value is -1.30. The lowest BCUT2D eigenvalue weighted by Gasteiger charge is -2.09. The molecule has 1 aromatic heterocycles. The monoisotopic (exact) mass is 309 g/mol. The van der Waals surface area contributed by atoms with Crippen molar-refractivity contribution in [2.24, 2.45) is 5.73 Å². The van der Waals surface area contributed by atoms with E-state index in [1.165, 1.54) is 17.8 Å². The lowest BCUT2D eigenvalue weighted by molar-refractivity contribution is 0.738. The average molecular weight is 310 g/mol. The number of benzene rings is 1. The van der Waals surface area contributed by atoms with E-state index < -0.39 is 0 Å². The molecule has 0 radical (unpaired) electrons. The molecule has 4 nitrogen and oxygen atoms in total. The second-order valence-electron chi connectivity index (χ2n) is 4.73. The number of nitrogens with one attached hydrogen (secondary N) is 1. The number of nitrogens with two attached hydrogens (primary N) is 1. The van der Waals surface area contributed by atoms with Crippen molar-refractivity contribution in [2.75, 3.05) is 0 Å². The fourth-order valence-electron chi connectivity index (χ4n) is 1.82. The standard InChI is InChI=1S/C14H16ClN3OS/c1-8(16)5-10-3-4-11(7-12(10)15)20-14-17-9(2)6-13(19)18-14/h3-4,6-8H,5,16H2,1-2H3,(H,17,18,19). The molecular formula is C14H16ClN3OS. The predicted molar refractivity (Wildman–Crippen MR) is 82.5 cm³/mol. The van der Waals surface area contributed by atoms with E-state index in [-0.39, 0.29) is 11.6 Å². The average Bonchev–Trinajstić information content (AvgIpc) is 2.31. The third-order valence-electron chi connectivity index (χ3n) is 2.63. The SMILES string of the molecule is Cc1cc(=O)[nH]c(Sc2ccc(CC(C)N)c(Cl)c2)n1. The zero-order chi connectivity index (χ0) is 14.7. The van der Waals surface area contributed by atoms with E-state index in [1.807, 2.05) is 25.1 Å². The summed E-state index contributed by atoms with van der Waals surface area (Å²) in [5.41, 5.74) is 7.34. The minimum Gasteiger partial charge on any atom is -0.328 e. The van der Waals surface area contributed by atoms with Crippen molar-refractivity contribution >= 4 is 23.4 Å². The van der Waals surface area contributed by atoms with Crippen LogP contribution in [0.2, 0.25) is 5.02 Å². The van der Waals surface area contributed by atoms with Crippen LogP contribution in [0.5, 0.6) is 0 Å². The van der Waals surface area contributed by atoms with Crippen LogP contribution in [-0.4, -0.2) is 16.0 Å². The van der Waals surface area contributed by atoms with Gasteiger partial charge in [-0.05, 0) is 38.0 Å². The minimum atomic E-state index is -0.153. The molecule has 0 saturated carbocycles. The Morgan fingerprint density at radius 3 is 2.80 bits per heavy atom.